The van der Waals surface area contributed by atoms with Crippen molar-refractivity contribution in [3.8, 4) is 5.75 Å². The Kier molecular flexibility index (Phi) is 3.49. The highest BCUT2D eigenvalue weighted by atomic mass is 79.9. The quantitative estimate of drug-likeness (QED) is 0.609. The second kappa shape index (κ2) is 5.60. The van der Waals surface area contributed by atoms with Gasteiger partial charge in [0.1, 0.15) is 5.75 Å². The fraction of sp³-hybridized carbons (Fsp3) is 0.421. The van der Waals surface area contributed by atoms with Gasteiger partial charge < -0.3 is 4.74 Å². The molecule has 0 radical (unpaired) electrons. The third-order valence-corrected chi connectivity index (χ3v) is 6.81. The summed E-state index contributed by atoms with van der Waals surface area (Å²) in [5, 5.41) is 9.51. The van der Waals surface area contributed by atoms with Crippen LogP contribution in [0.25, 0.3) is 0 Å². The average molecular weight is 403 g/mol. The predicted octanol–water partition coefficient (Wildman–Crippen LogP) is 5.71. The Morgan fingerprint density at radius 2 is 2.08 bits per heavy atom. The van der Waals surface area contributed by atoms with Gasteiger partial charge in [0.15, 0.2) is 5.72 Å². The van der Waals surface area contributed by atoms with Crippen LogP contribution in [0.4, 0.5) is 0 Å². The molecular formula is C19H19BrN2OS. The summed E-state index contributed by atoms with van der Waals surface area (Å²) in [6.07, 6.45) is 6.85. The number of benzene rings is 1. The van der Waals surface area contributed by atoms with Crippen molar-refractivity contribution in [2.75, 3.05) is 0 Å². The van der Waals surface area contributed by atoms with E-state index in [0.717, 1.165) is 29.5 Å². The zero-order chi connectivity index (χ0) is 16.1. The second-order valence-corrected chi connectivity index (χ2v) is 8.74. The number of ether oxygens (including phenoxy) is 1. The van der Waals surface area contributed by atoms with Crippen LogP contribution in [-0.2, 0) is 0 Å². The van der Waals surface area contributed by atoms with Gasteiger partial charge in [0, 0.05) is 29.3 Å². The number of hydrogen-bond acceptors (Lipinski definition) is 4. The zero-order valence-corrected chi connectivity index (χ0v) is 15.8. The molecule has 2 aliphatic heterocycles. The first kappa shape index (κ1) is 15.0. The molecule has 0 N–H and O–H groups in total. The first-order valence-electron chi connectivity index (χ1n) is 8.64. The van der Waals surface area contributed by atoms with E-state index in [9.17, 15) is 0 Å². The standard InChI is InChI=1S/C19H19BrN2OS/c20-13-6-7-17-14(11-13)16-12-15(18-5-4-10-24-18)21-22(16)19(23-17)8-2-1-3-9-19/h4-7,10-11,16H,1-3,8-9,12H2. The van der Waals surface area contributed by atoms with Crippen molar-refractivity contribution in [3.05, 3.63) is 50.6 Å². The smallest absolute Gasteiger partial charge is 0.198 e. The van der Waals surface area contributed by atoms with Crippen LogP contribution >= 0.6 is 27.3 Å². The monoisotopic (exact) mass is 402 g/mol. The minimum atomic E-state index is -0.247. The maximum atomic E-state index is 6.60. The van der Waals surface area contributed by atoms with Crippen LogP contribution in [0.5, 0.6) is 5.75 Å². The molecule has 0 amide bonds. The van der Waals surface area contributed by atoms with Crippen LogP contribution in [0.1, 0.15) is 55.0 Å². The van der Waals surface area contributed by atoms with Gasteiger partial charge in [0.25, 0.3) is 0 Å². The van der Waals surface area contributed by atoms with Crippen molar-refractivity contribution >= 4 is 33.0 Å². The Labute approximate surface area is 154 Å². The van der Waals surface area contributed by atoms with E-state index in [-0.39, 0.29) is 5.72 Å². The molecule has 0 saturated heterocycles. The summed E-state index contributed by atoms with van der Waals surface area (Å²) in [6.45, 7) is 0. The molecule has 1 aromatic heterocycles. The van der Waals surface area contributed by atoms with Gasteiger partial charge in [-0.2, -0.15) is 5.10 Å². The van der Waals surface area contributed by atoms with Gasteiger partial charge in [-0.25, -0.2) is 5.01 Å². The topological polar surface area (TPSA) is 24.8 Å². The van der Waals surface area contributed by atoms with Crippen LogP contribution in [0.15, 0.2) is 45.3 Å². The number of thiophene rings is 1. The Morgan fingerprint density at radius 3 is 2.88 bits per heavy atom. The first-order valence-corrected chi connectivity index (χ1v) is 10.3. The Hall–Kier alpha value is -1.33. The summed E-state index contributed by atoms with van der Waals surface area (Å²) in [6, 6.07) is 11.0. The van der Waals surface area contributed by atoms with Gasteiger partial charge in [-0.05, 0) is 42.5 Å². The maximum absolute atomic E-state index is 6.60. The van der Waals surface area contributed by atoms with Crippen molar-refractivity contribution in [2.45, 2.75) is 50.3 Å². The molecule has 1 fully saturated rings. The normalized spacial score (nSPS) is 24.3. The van der Waals surface area contributed by atoms with E-state index in [1.54, 1.807) is 11.3 Å². The summed E-state index contributed by atoms with van der Waals surface area (Å²) in [7, 11) is 0. The van der Waals surface area contributed by atoms with E-state index < -0.39 is 0 Å². The van der Waals surface area contributed by atoms with Crippen molar-refractivity contribution in [1.82, 2.24) is 5.01 Å². The van der Waals surface area contributed by atoms with Crippen LogP contribution in [0.3, 0.4) is 0 Å². The molecule has 3 nitrogen and oxygen atoms in total. The SMILES string of the molecule is Brc1ccc2c(c1)C1CC(c3cccs3)=NN1C1(CCCCC1)O2. The van der Waals surface area contributed by atoms with E-state index in [1.165, 1.54) is 35.4 Å². The van der Waals surface area contributed by atoms with Gasteiger partial charge in [-0.3, -0.25) is 0 Å². The van der Waals surface area contributed by atoms with Crippen LogP contribution in [-0.4, -0.2) is 16.4 Å². The summed E-state index contributed by atoms with van der Waals surface area (Å²) >= 11 is 5.40. The molecule has 1 aromatic carbocycles. The molecule has 5 heteroatoms. The molecule has 124 valence electrons. The number of fused-ring (bicyclic) bond motifs is 4. The van der Waals surface area contributed by atoms with Gasteiger partial charge in [0.2, 0.25) is 0 Å². The summed E-state index contributed by atoms with van der Waals surface area (Å²) in [5.41, 5.74) is 2.22. The molecule has 1 aliphatic carbocycles. The highest BCUT2D eigenvalue weighted by molar-refractivity contribution is 9.10. The van der Waals surface area contributed by atoms with E-state index in [0.29, 0.717) is 6.04 Å². The van der Waals surface area contributed by atoms with E-state index in [2.05, 4.69) is 56.7 Å². The molecule has 24 heavy (non-hydrogen) atoms. The number of nitrogens with zero attached hydrogens (tertiary/aromatic N) is 2. The first-order chi connectivity index (χ1) is 11.8. The molecule has 3 heterocycles. The van der Waals surface area contributed by atoms with E-state index in [1.807, 2.05) is 0 Å². The lowest BCUT2D eigenvalue weighted by atomic mass is 9.87. The molecule has 2 aromatic rings. The Morgan fingerprint density at radius 1 is 1.21 bits per heavy atom. The largest absolute Gasteiger partial charge is 0.466 e. The predicted molar refractivity (Wildman–Crippen MR) is 101 cm³/mol. The van der Waals surface area contributed by atoms with E-state index >= 15 is 0 Å². The molecule has 1 spiro atoms. The van der Waals surface area contributed by atoms with Crippen LogP contribution in [0, 0.1) is 0 Å². The molecule has 0 bridgehead atoms. The lowest BCUT2D eigenvalue weighted by Crippen LogP contribution is -2.54. The third-order valence-electron chi connectivity index (χ3n) is 5.40. The van der Waals surface area contributed by atoms with Crippen LogP contribution in [0.2, 0.25) is 0 Å². The van der Waals surface area contributed by atoms with E-state index in [4.69, 9.17) is 9.84 Å². The third kappa shape index (κ3) is 2.25. The number of hydrazone groups is 1. The lowest BCUT2D eigenvalue weighted by Gasteiger charge is -2.49. The minimum absolute atomic E-state index is 0.247. The molecule has 1 saturated carbocycles. The summed E-state index contributed by atoms with van der Waals surface area (Å²) < 4.78 is 7.70. The van der Waals surface area contributed by atoms with Crippen molar-refractivity contribution in [2.24, 2.45) is 5.10 Å². The highest BCUT2D eigenvalue weighted by Gasteiger charge is 2.50. The van der Waals surface area contributed by atoms with Gasteiger partial charge in [0.05, 0.1) is 16.6 Å². The number of hydrogen-bond donors (Lipinski definition) is 0. The molecule has 1 unspecified atom stereocenters. The summed E-state index contributed by atoms with van der Waals surface area (Å²) in [5.74, 6) is 1.05. The molecule has 5 rings (SSSR count). The Bertz CT molecular complexity index is 796. The fourth-order valence-electron chi connectivity index (χ4n) is 4.28. The van der Waals surface area contributed by atoms with Gasteiger partial charge in [-0.15, -0.1) is 11.3 Å². The van der Waals surface area contributed by atoms with Crippen molar-refractivity contribution < 1.29 is 4.74 Å². The van der Waals surface area contributed by atoms with Gasteiger partial charge >= 0.3 is 0 Å². The minimum Gasteiger partial charge on any atom is -0.466 e. The fourth-order valence-corrected chi connectivity index (χ4v) is 5.38. The number of rotatable bonds is 1. The maximum Gasteiger partial charge on any atom is 0.198 e. The number of halogens is 1. The second-order valence-electron chi connectivity index (χ2n) is 6.88. The molecule has 1 atom stereocenters. The Balaban J connectivity index is 1.62. The van der Waals surface area contributed by atoms with Gasteiger partial charge in [-0.1, -0.05) is 28.4 Å². The molecule has 3 aliphatic rings. The highest BCUT2D eigenvalue weighted by Crippen LogP contribution is 2.51. The summed E-state index contributed by atoms with van der Waals surface area (Å²) in [4.78, 5) is 1.28. The van der Waals surface area contributed by atoms with Crippen molar-refractivity contribution in [1.29, 1.82) is 0 Å². The van der Waals surface area contributed by atoms with Crippen molar-refractivity contribution in [3.63, 3.8) is 0 Å². The zero-order valence-electron chi connectivity index (χ0n) is 13.4. The lowest BCUT2D eigenvalue weighted by molar-refractivity contribution is -0.140. The van der Waals surface area contributed by atoms with Crippen LogP contribution < -0.4 is 4.74 Å². The average Bonchev–Trinajstić information content (AvgIpc) is 3.26. The molecular weight excluding hydrogens is 384 g/mol.